The third-order valence-corrected chi connectivity index (χ3v) is 7.02. The number of likely N-dealkylation sites (tertiary alicyclic amines) is 1. The highest BCUT2D eigenvalue weighted by Gasteiger charge is 2.46. The number of carbonyl (C=O) groups is 1. The number of hydrogen-bond acceptors (Lipinski definition) is 4. The van der Waals surface area contributed by atoms with Gasteiger partial charge in [0, 0.05) is 38.8 Å². The van der Waals surface area contributed by atoms with Crippen molar-refractivity contribution in [3.05, 3.63) is 59.5 Å². The largest absolute Gasteiger partial charge is 0.453 e. The van der Waals surface area contributed by atoms with Gasteiger partial charge in [0.2, 0.25) is 0 Å². The minimum Gasteiger partial charge on any atom is -0.453 e. The Labute approximate surface area is 172 Å². The Morgan fingerprint density at radius 3 is 2.79 bits per heavy atom. The molecule has 29 heavy (non-hydrogen) atoms. The predicted molar refractivity (Wildman–Crippen MR) is 110 cm³/mol. The molecule has 154 valence electrons. The SMILES string of the molecule is COCc1ccc(C(=O)N2C[C@@H]3C[C@H](C2)[C@@H]2CCC[C@H](c4ccccc4)N2C3)o1. The summed E-state index contributed by atoms with van der Waals surface area (Å²) in [4.78, 5) is 17.9. The van der Waals surface area contributed by atoms with Crippen molar-refractivity contribution in [2.75, 3.05) is 26.7 Å². The van der Waals surface area contributed by atoms with Gasteiger partial charge in [-0.15, -0.1) is 0 Å². The van der Waals surface area contributed by atoms with E-state index in [-0.39, 0.29) is 5.91 Å². The van der Waals surface area contributed by atoms with E-state index >= 15 is 0 Å². The molecule has 0 radical (unpaired) electrons. The van der Waals surface area contributed by atoms with Crippen LogP contribution in [0.25, 0.3) is 0 Å². The molecule has 3 aliphatic rings. The minimum atomic E-state index is 0.0333. The second-order valence-corrected chi connectivity index (χ2v) is 8.89. The lowest BCUT2D eigenvalue weighted by atomic mass is 9.74. The van der Waals surface area contributed by atoms with Crippen molar-refractivity contribution in [3.63, 3.8) is 0 Å². The molecule has 1 amide bonds. The van der Waals surface area contributed by atoms with Gasteiger partial charge in [-0.1, -0.05) is 30.3 Å². The summed E-state index contributed by atoms with van der Waals surface area (Å²) in [6, 6.07) is 15.7. The molecule has 1 aromatic carbocycles. The molecule has 3 aliphatic heterocycles. The smallest absolute Gasteiger partial charge is 0.289 e. The van der Waals surface area contributed by atoms with E-state index in [1.807, 2.05) is 11.0 Å². The highest BCUT2D eigenvalue weighted by Crippen LogP contribution is 2.44. The fraction of sp³-hybridized carbons (Fsp3) is 0.542. The molecular formula is C24H30N2O3. The minimum absolute atomic E-state index is 0.0333. The van der Waals surface area contributed by atoms with E-state index < -0.39 is 0 Å². The highest BCUT2D eigenvalue weighted by atomic mass is 16.5. The van der Waals surface area contributed by atoms with Gasteiger partial charge in [0.15, 0.2) is 5.76 Å². The van der Waals surface area contributed by atoms with Crippen LogP contribution in [0.5, 0.6) is 0 Å². The number of piperidine rings is 3. The zero-order chi connectivity index (χ0) is 19.8. The first-order valence-electron chi connectivity index (χ1n) is 10.9. The van der Waals surface area contributed by atoms with E-state index in [4.69, 9.17) is 9.15 Å². The monoisotopic (exact) mass is 394 g/mol. The molecule has 5 rings (SSSR count). The van der Waals surface area contributed by atoms with Crippen molar-refractivity contribution in [1.82, 2.24) is 9.80 Å². The van der Waals surface area contributed by atoms with E-state index in [2.05, 4.69) is 35.2 Å². The lowest BCUT2D eigenvalue weighted by Gasteiger charge is -2.55. The lowest BCUT2D eigenvalue weighted by Crippen LogP contribution is -2.60. The molecule has 0 spiro atoms. The molecule has 3 fully saturated rings. The van der Waals surface area contributed by atoms with Crippen LogP contribution in [0.4, 0.5) is 0 Å². The zero-order valence-electron chi connectivity index (χ0n) is 17.1. The summed E-state index contributed by atoms with van der Waals surface area (Å²) in [5.41, 5.74) is 1.45. The Kier molecular flexibility index (Phi) is 5.18. The van der Waals surface area contributed by atoms with Crippen LogP contribution in [0, 0.1) is 11.8 Å². The number of rotatable bonds is 4. The summed E-state index contributed by atoms with van der Waals surface area (Å²) in [7, 11) is 1.63. The number of furan rings is 1. The van der Waals surface area contributed by atoms with Gasteiger partial charge in [-0.3, -0.25) is 9.69 Å². The molecule has 0 unspecified atom stereocenters. The molecule has 5 heteroatoms. The van der Waals surface area contributed by atoms with Crippen molar-refractivity contribution < 1.29 is 13.9 Å². The fourth-order valence-corrected chi connectivity index (χ4v) is 5.88. The second kappa shape index (κ2) is 7.96. The number of amides is 1. The Balaban J connectivity index is 1.32. The number of methoxy groups -OCH3 is 1. The van der Waals surface area contributed by atoms with Gasteiger partial charge in [-0.25, -0.2) is 0 Å². The van der Waals surface area contributed by atoms with Gasteiger partial charge in [0.25, 0.3) is 5.91 Å². The highest BCUT2D eigenvalue weighted by molar-refractivity contribution is 5.91. The summed E-state index contributed by atoms with van der Waals surface area (Å²) in [6.45, 7) is 3.17. The Hall–Kier alpha value is -2.11. The summed E-state index contributed by atoms with van der Waals surface area (Å²) in [5.74, 6) is 2.29. The van der Waals surface area contributed by atoms with E-state index in [0.717, 1.165) is 19.6 Å². The first-order chi connectivity index (χ1) is 14.2. The van der Waals surface area contributed by atoms with E-state index in [0.29, 0.717) is 42.0 Å². The van der Waals surface area contributed by atoms with Crippen molar-refractivity contribution in [2.24, 2.45) is 11.8 Å². The molecule has 0 aliphatic carbocycles. The van der Waals surface area contributed by atoms with Crippen molar-refractivity contribution >= 4 is 5.91 Å². The van der Waals surface area contributed by atoms with Crippen LogP contribution in [0.15, 0.2) is 46.9 Å². The third-order valence-electron chi connectivity index (χ3n) is 7.02. The van der Waals surface area contributed by atoms with Gasteiger partial charge >= 0.3 is 0 Å². The number of nitrogens with zero attached hydrogens (tertiary/aromatic N) is 2. The number of carbonyl (C=O) groups excluding carboxylic acids is 1. The normalized spacial score (nSPS) is 29.5. The molecule has 2 bridgehead atoms. The van der Waals surface area contributed by atoms with Gasteiger partial charge in [0.05, 0.1) is 0 Å². The summed E-state index contributed by atoms with van der Waals surface area (Å²) >= 11 is 0. The number of ether oxygens (including phenoxy) is 1. The van der Waals surface area contributed by atoms with Crippen molar-refractivity contribution in [2.45, 2.75) is 44.4 Å². The van der Waals surface area contributed by atoms with Gasteiger partial charge < -0.3 is 14.1 Å². The summed E-state index contributed by atoms with van der Waals surface area (Å²) < 4.78 is 10.8. The van der Waals surface area contributed by atoms with Crippen LogP contribution in [-0.4, -0.2) is 48.5 Å². The van der Waals surface area contributed by atoms with E-state index in [9.17, 15) is 4.79 Å². The zero-order valence-corrected chi connectivity index (χ0v) is 17.1. The number of benzene rings is 1. The molecule has 1 aromatic heterocycles. The molecule has 2 aromatic rings. The van der Waals surface area contributed by atoms with Crippen molar-refractivity contribution in [1.29, 1.82) is 0 Å². The maximum atomic E-state index is 13.1. The van der Waals surface area contributed by atoms with Gasteiger partial charge in [-0.05, 0) is 55.2 Å². The topological polar surface area (TPSA) is 45.9 Å². The average molecular weight is 395 g/mol. The molecule has 5 nitrogen and oxygen atoms in total. The van der Waals surface area contributed by atoms with Crippen LogP contribution in [0.3, 0.4) is 0 Å². The Morgan fingerprint density at radius 1 is 1.10 bits per heavy atom. The summed E-state index contributed by atoms with van der Waals surface area (Å²) in [5, 5.41) is 0. The lowest BCUT2D eigenvalue weighted by molar-refractivity contribution is -0.0516. The van der Waals surface area contributed by atoms with Crippen LogP contribution in [0.1, 0.15) is 53.6 Å². The quantitative estimate of drug-likeness (QED) is 0.783. The first-order valence-corrected chi connectivity index (χ1v) is 10.9. The molecule has 4 atom stereocenters. The average Bonchev–Trinajstić information content (AvgIpc) is 3.22. The molecular weight excluding hydrogens is 364 g/mol. The van der Waals surface area contributed by atoms with E-state index in [1.54, 1.807) is 13.2 Å². The maximum Gasteiger partial charge on any atom is 0.289 e. The van der Waals surface area contributed by atoms with Crippen LogP contribution in [-0.2, 0) is 11.3 Å². The fourth-order valence-electron chi connectivity index (χ4n) is 5.88. The Morgan fingerprint density at radius 2 is 1.97 bits per heavy atom. The van der Waals surface area contributed by atoms with Crippen LogP contribution in [0.2, 0.25) is 0 Å². The second-order valence-electron chi connectivity index (χ2n) is 8.89. The third kappa shape index (κ3) is 3.62. The van der Waals surface area contributed by atoms with Crippen LogP contribution >= 0.6 is 0 Å². The molecule has 3 saturated heterocycles. The number of hydrogen-bond donors (Lipinski definition) is 0. The molecule has 0 N–H and O–H groups in total. The van der Waals surface area contributed by atoms with E-state index in [1.165, 1.54) is 31.2 Å². The summed E-state index contributed by atoms with van der Waals surface area (Å²) in [6.07, 6.45) is 5.02. The molecule has 4 heterocycles. The number of fused-ring (bicyclic) bond motifs is 4. The van der Waals surface area contributed by atoms with Gasteiger partial charge in [-0.2, -0.15) is 0 Å². The molecule has 0 saturated carbocycles. The predicted octanol–water partition coefficient (Wildman–Crippen LogP) is 4.11. The van der Waals surface area contributed by atoms with Gasteiger partial charge in [0.1, 0.15) is 12.4 Å². The first kappa shape index (κ1) is 18.9. The van der Waals surface area contributed by atoms with Crippen molar-refractivity contribution in [3.8, 4) is 0 Å². The maximum absolute atomic E-state index is 13.1. The Bertz CT molecular complexity index is 849. The van der Waals surface area contributed by atoms with Crippen LogP contribution < -0.4 is 0 Å². The standard InChI is InChI=1S/C24H30N2O3/c1-28-16-20-10-11-23(29-20)24(27)25-13-17-12-19(15-25)22-9-5-8-21(26(22)14-17)18-6-3-2-4-7-18/h2-4,6-7,10-11,17,19,21-22H,5,8-9,12-16H2,1H3/t17-,19+,21+,22-/m0/s1.